The van der Waals surface area contributed by atoms with Crippen LogP contribution in [0, 0.1) is 0 Å². The van der Waals surface area contributed by atoms with Gasteiger partial charge in [-0.2, -0.15) is 5.10 Å². The second-order valence-electron chi connectivity index (χ2n) is 6.71. The molecule has 2 aromatic heterocycles. The highest BCUT2D eigenvalue weighted by Crippen LogP contribution is 2.43. The van der Waals surface area contributed by atoms with Gasteiger partial charge in [0.05, 0.1) is 17.4 Å². The second-order valence-corrected chi connectivity index (χ2v) is 6.71. The first-order valence-corrected chi connectivity index (χ1v) is 8.36. The smallest absolute Gasteiger partial charge is 0.181 e. The molecular formula is C17H24N4O2. The van der Waals surface area contributed by atoms with E-state index >= 15 is 0 Å². The van der Waals surface area contributed by atoms with Crippen molar-refractivity contribution in [3.8, 4) is 0 Å². The van der Waals surface area contributed by atoms with E-state index in [2.05, 4.69) is 26.1 Å². The third-order valence-electron chi connectivity index (χ3n) is 5.76. The average Bonchev–Trinajstić information content (AvgIpc) is 3.17. The maximum atomic E-state index is 6.00. The van der Waals surface area contributed by atoms with Crippen molar-refractivity contribution in [1.82, 2.24) is 20.1 Å². The molecule has 0 radical (unpaired) electrons. The van der Waals surface area contributed by atoms with Crippen LogP contribution in [0.15, 0.2) is 18.3 Å². The Hall–Kier alpha value is -1.50. The molecule has 0 bridgehead atoms. The van der Waals surface area contributed by atoms with Crippen molar-refractivity contribution in [1.29, 1.82) is 0 Å². The van der Waals surface area contributed by atoms with Crippen LogP contribution >= 0.6 is 0 Å². The average molecular weight is 316 g/mol. The first-order valence-electron chi connectivity index (χ1n) is 8.36. The minimum absolute atomic E-state index is 0.0108. The Morgan fingerprint density at radius 2 is 2.30 bits per heavy atom. The van der Waals surface area contributed by atoms with Crippen molar-refractivity contribution in [2.75, 3.05) is 20.8 Å². The van der Waals surface area contributed by atoms with Crippen LogP contribution in [0.3, 0.4) is 0 Å². The molecule has 2 aromatic rings. The van der Waals surface area contributed by atoms with Crippen LogP contribution in [-0.2, 0) is 16.0 Å². The van der Waals surface area contributed by atoms with Gasteiger partial charge in [0.1, 0.15) is 0 Å². The number of nitrogens with zero attached hydrogens (tertiary/aromatic N) is 3. The summed E-state index contributed by atoms with van der Waals surface area (Å²) in [7, 11) is 3.68. The van der Waals surface area contributed by atoms with Gasteiger partial charge in [0.25, 0.3) is 0 Å². The van der Waals surface area contributed by atoms with Gasteiger partial charge in [0, 0.05) is 44.9 Å². The number of likely N-dealkylation sites (tertiary alicyclic amines) is 1. The van der Waals surface area contributed by atoms with Gasteiger partial charge in [-0.25, -0.2) is 4.98 Å². The fourth-order valence-electron chi connectivity index (χ4n) is 4.39. The molecule has 3 atom stereocenters. The summed E-state index contributed by atoms with van der Waals surface area (Å²) in [6.45, 7) is 1.91. The predicted octanol–water partition coefficient (Wildman–Crippen LogP) is 2.12. The normalized spacial score (nSPS) is 31.6. The molecule has 0 aromatic carbocycles. The number of rotatable bonds is 4. The molecule has 23 heavy (non-hydrogen) atoms. The second kappa shape index (κ2) is 5.85. The molecule has 1 saturated heterocycles. The van der Waals surface area contributed by atoms with Crippen molar-refractivity contribution in [2.45, 2.75) is 50.0 Å². The van der Waals surface area contributed by atoms with Crippen LogP contribution in [0.25, 0.3) is 11.0 Å². The molecule has 6 heteroatoms. The summed E-state index contributed by atoms with van der Waals surface area (Å²) < 4.78 is 11.6. The molecule has 2 aliphatic rings. The molecule has 1 saturated carbocycles. The molecule has 0 spiro atoms. The van der Waals surface area contributed by atoms with E-state index < -0.39 is 0 Å². The number of methoxy groups -OCH3 is 2. The topological polar surface area (TPSA) is 63.3 Å². The Balaban J connectivity index is 1.59. The van der Waals surface area contributed by atoms with Gasteiger partial charge in [-0.05, 0) is 37.8 Å². The SMILES string of the molecule is CO[C@@H]1CC[C@@]2(OC)CCN(Cc3[nH]nc4ncccc34)[C@H]2C1. The van der Waals surface area contributed by atoms with Crippen LogP contribution in [0.5, 0.6) is 0 Å². The lowest BCUT2D eigenvalue weighted by atomic mass is 9.79. The summed E-state index contributed by atoms with van der Waals surface area (Å²) in [5.41, 5.74) is 1.92. The number of aromatic amines is 1. The van der Waals surface area contributed by atoms with Gasteiger partial charge in [-0.3, -0.25) is 10.00 Å². The van der Waals surface area contributed by atoms with Crippen LogP contribution in [0.4, 0.5) is 0 Å². The number of hydrogen-bond donors (Lipinski definition) is 1. The Morgan fingerprint density at radius 1 is 1.39 bits per heavy atom. The van der Waals surface area contributed by atoms with E-state index in [1.807, 2.05) is 20.3 Å². The summed E-state index contributed by atoms with van der Waals surface area (Å²) in [5, 5.41) is 8.59. The number of ether oxygens (including phenoxy) is 2. The van der Waals surface area contributed by atoms with E-state index in [0.717, 1.165) is 55.5 Å². The lowest BCUT2D eigenvalue weighted by Gasteiger charge is -2.43. The van der Waals surface area contributed by atoms with Gasteiger partial charge in [-0.1, -0.05) is 0 Å². The Bertz CT molecular complexity index is 688. The van der Waals surface area contributed by atoms with E-state index in [0.29, 0.717) is 12.1 Å². The lowest BCUT2D eigenvalue weighted by molar-refractivity contribution is -0.0948. The third kappa shape index (κ3) is 2.45. The molecule has 124 valence electrons. The standard InChI is InChI=1S/C17H24N4O2/c1-22-12-5-6-17(23-2)7-9-21(15(17)10-12)11-14-13-4-3-8-18-16(13)20-19-14/h3-4,8,12,15H,5-7,9-11H2,1-2H3,(H,18,19,20)/t12-,15+,17-/m1/s1. The first kappa shape index (κ1) is 15.1. The van der Waals surface area contributed by atoms with Gasteiger partial charge < -0.3 is 9.47 Å². The third-order valence-corrected chi connectivity index (χ3v) is 5.76. The van der Waals surface area contributed by atoms with Crippen molar-refractivity contribution >= 4 is 11.0 Å². The molecule has 2 fully saturated rings. The summed E-state index contributed by atoms with van der Waals surface area (Å²) in [6, 6.07) is 4.45. The van der Waals surface area contributed by atoms with Gasteiger partial charge in [0.2, 0.25) is 0 Å². The van der Waals surface area contributed by atoms with Gasteiger partial charge >= 0.3 is 0 Å². The van der Waals surface area contributed by atoms with Crippen LogP contribution < -0.4 is 0 Å². The molecule has 6 nitrogen and oxygen atoms in total. The molecular weight excluding hydrogens is 292 g/mol. The van der Waals surface area contributed by atoms with Crippen molar-refractivity contribution in [3.05, 3.63) is 24.0 Å². The summed E-state index contributed by atoms with van der Waals surface area (Å²) >= 11 is 0. The molecule has 4 rings (SSSR count). The van der Waals surface area contributed by atoms with Crippen molar-refractivity contribution < 1.29 is 9.47 Å². The maximum absolute atomic E-state index is 6.00. The summed E-state index contributed by atoms with van der Waals surface area (Å²) in [5.74, 6) is 0. The van der Waals surface area contributed by atoms with Crippen molar-refractivity contribution in [3.63, 3.8) is 0 Å². The molecule has 0 unspecified atom stereocenters. The van der Waals surface area contributed by atoms with E-state index in [1.54, 1.807) is 6.20 Å². The maximum Gasteiger partial charge on any atom is 0.181 e. The van der Waals surface area contributed by atoms with Crippen molar-refractivity contribution in [2.24, 2.45) is 0 Å². The lowest BCUT2D eigenvalue weighted by Crippen LogP contribution is -2.51. The fourth-order valence-corrected chi connectivity index (χ4v) is 4.39. The zero-order valence-corrected chi connectivity index (χ0v) is 13.8. The largest absolute Gasteiger partial charge is 0.381 e. The molecule has 1 N–H and O–H groups in total. The number of nitrogens with one attached hydrogen (secondary N) is 1. The molecule has 0 amide bonds. The van der Waals surface area contributed by atoms with E-state index in [4.69, 9.17) is 9.47 Å². The van der Waals surface area contributed by atoms with E-state index in [1.165, 1.54) is 0 Å². The molecule has 3 heterocycles. The highest BCUT2D eigenvalue weighted by atomic mass is 16.5. The van der Waals surface area contributed by atoms with E-state index in [-0.39, 0.29) is 5.60 Å². The Labute approximate surface area is 136 Å². The number of aromatic nitrogens is 3. The molecule has 1 aliphatic carbocycles. The van der Waals surface area contributed by atoms with Crippen LogP contribution in [0.1, 0.15) is 31.4 Å². The predicted molar refractivity (Wildman–Crippen MR) is 87.1 cm³/mol. The fraction of sp³-hybridized carbons (Fsp3) is 0.647. The van der Waals surface area contributed by atoms with Gasteiger partial charge in [-0.15, -0.1) is 0 Å². The zero-order valence-electron chi connectivity index (χ0n) is 13.8. The number of H-pyrrole nitrogens is 1. The zero-order chi connectivity index (χ0) is 15.9. The summed E-state index contributed by atoms with van der Waals surface area (Å²) in [6.07, 6.45) is 6.41. The highest BCUT2D eigenvalue weighted by molar-refractivity contribution is 5.77. The van der Waals surface area contributed by atoms with Gasteiger partial charge in [0.15, 0.2) is 5.65 Å². The number of hydrogen-bond acceptors (Lipinski definition) is 5. The monoisotopic (exact) mass is 316 g/mol. The minimum Gasteiger partial charge on any atom is -0.381 e. The summed E-state index contributed by atoms with van der Waals surface area (Å²) in [4.78, 5) is 6.83. The van der Waals surface area contributed by atoms with Crippen LogP contribution in [-0.4, -0.2) is 58.6 Å². The Kier molecular flexibility index (Phi) is 3.83. The Morgan fingerprint density at radius 3 is 3.13 bits per heavy atom. The van der Waals surface area contributed by atoms with Crippen LogP contribution in [0.2, 0.25) is 0 Å². The van der Waals surface area contributed by atoms with E-state index in [9.17, 15) is 0 Å². The first-order chi connectivity index (χ1) is 11.3. The quantitative estimate of drug-likeness (QED) is 0.936. The highest BCUT2D eigenvalue weighted by Gasteiger charge is 2.51. The molecule has 1 aliphatic heterocycles. The number of pyridine rings is 1. The minimum atomic E-state index is -0.0108. The number of fused-ring (bicyclic) bond motifs is 2.